The molecule has 0 aliphatic carbocycles. The quantitative estimate of drug-likeness (QED) is 0.822. The van der Waals surface area contributed by atoms with Gasteiger partial charge in [-0.2, -0.15) is 0 Å². The largest absolute Gasteiger partial charge is 0.316 e. The number of rotatable bonds is 5. The molecule has 20 heavy (non-hydrogen) atoms. The first-order valence-corrected chi connectivity index (χ1v) is 8.26. The molecule has 2 atom stereocenters. The minimum atomic E-state index is 0.513. The SMILES string of the molecule is CCCNCC1CCCCN(C)C1c1ccc(Cl)cc1. The average Bonchev–Trinajstić information content (AvgIpc) is 2.62. The van der Waals surface area contributed by atoms with Crippen molar-refractivity contribution in [2.45, 2.75) is 38.6 Å². The molecule has 1 N–H and O–H groups in total. The van der Waals surface area contributed by atoms with Crippen molar-refractivity contribution in [1.82, 2.24) is 10.2 Å². The van der Waals surface area contributed by atoms with Crippen molar-refractivity contribution in [2.24, 2.45) is 5.92 Å². The Balaban J connectivity index is 2.14. The van der Waals surface area contributed by atoms with Crippen LogP contribution in [0.25, 0.3) is 0 Å². The molecule has 0 spiro atoms. The highest BCUT2D eigenvalue weighted by Gasteiger charge is 2.28. The lowest BCUT2D eigenvalue weighted by molar-refractivity contribution is 0.189. The Labute approximate surface area is 128 Å². The van der Waals surface area contributed by atoms with E-state index >= 15 is 0 Å². The lowest BCUT2D eigenvalue weighted by atomic mass is 9.89. The molecule has 2 nitrogen and oxygen atoms in total. The lowest BCUT2D eigenvalue weighted by Crippen LogP contribution is -2.35. The van der Waals surface area contributed by atoms with Gasteiger partial charge in [0, 0.05) is 11.1 Å². The van der Waals surface area contributed by atoms with E-state index in [1.165, 1.54) is 37.8 Å². The second-order valence-electron chi connectivity index (χ2n) is 5.94. The van der Waals surface area contributed by atoms with Gasteiger partial charge >= 0.3 is 0 Å². The summed E-state index contributed by atoms with van der Waals surface area (Å²) in [4.78, 5) is 2.52. The number of nitrogens with zero attached hydrogens (tertiary/aromatic N) is 1. The second kappa shape index (κ2) is 8.02. The van der Waals surface area contributed by atoms with Gasteiger partial charge in [0.25, 0.3) is 0 Å². The van der Waals surface area contributed by atoms with Crippen molar-refractivity contribution in [3.63, 3.8) is 0 Å². The van der Waals surface area contributed by atoms with Crippen molar-refractivity contribution < 1.29 is 0 Å². The molecule has 1 aliphatic rings. The van der Waals surface area contributed by atoms with Crippen LogP contribution in [0.2, 0.25) is 5.02 Å². The first kappa shape index (κ1) is 15.8. The Kier molecular flexibility index (Phi) is 6.34. The summed E-state index contributed by atoms with van der Waals surface area (Å²) in [5, 5.41) is 4.44. The molecular weight excluding hydrogens is 268 g/mol. The first-order chi connectivity index (χ1) is 9.72. The molecule has 1 aromatic rings. The minimum Gasteiger partial charge on any atom is -0.316 e. The van der Waals surface area contributed by atoms with Crippen molar-refractivity contribution in [2.75, 3.05) is 26.7 Å². The molecule has 1 fully saturated rings. The minimum absolute atomic E-state index is 0.513. The van der Waals surface area contributed by atoms with E-state index in [-0.39, 0.29) is 0 Å². The van der Waals surface area contributed by atoms with Gasteiger partial charge in [0.1, 0.15) is 0 Å². The van der Waals surface area contributed by atoms with E-state index in [9.17, 15) is 0 Å². The molecule has 0 amide bonds. The molecule has 0 saturated carbocycles. The maximum atomic E-state index is 6.03. The molecule has 0 bridgehead atoms. The fraction of sp³-hybridized carbons (Fsp3) is 0.647. The van der Waals surface area contributed by atoms with Crippen LogP contribution in [0.15, 0.2) is 24.3 Å². The number of hydrogen-bond donors (Lipinski definition) is 1. The van der Waals surface area contributed by atoms with Crippen LogP contribution in [0.3, 0.4) is 0 Å². The molecule has 112 valence electrons. The van der Waals surface area contributed by atoms with E-state index in [1.807, 2.05) is 12.1 Å². The Morgan fingerprint density at radius 2 is 2.00 bits per heavy atom. The fourth-order valence-corrected chi connectivity index (χ4v) is 3.42. The third-order valence-corrected chi connectivity index (χ3v) is 4.55. The molecule has 1 aromatic carbocycles. The van der Waals surface area contributed by atoms with Gasteiger partial charge in [0.05, 0.1) is 0 Å². The highest BCUT2D eigenvalue weighted by Crippen LogP contribution is 2.34. The molecular formula is C17H27ClN2. The lowest BCUT2D eigenvalue weighted by Gasteiger charge is -2.33. The Morgan fingerprint density at radius 1 is 1.25 bits per heavy atom. The number of halogens is 1. The maximum absolute atomic E-state index is 6.03. The summed E-state index contributed by atoms with van der Waals surface area (Å²) in [7, 11) is 2.26. The molecule has 1 aliphatic heterocycles. The van der Waals surface area contributed by atoms with Crippen LogP contribution in [0.4, 0.5) is 0 Å². The van der Waals surface area contributed by atoms with Gasteiger partial charge in [-0.1, -0.05) is 37.1 Å². The predicted octanol–water partition coefficient (Wildman–Crippen LogP) is 4.11. The number of nitrogens with one attached hydrogen (secondary N) is 1. The summed E-state index contributed by atoms with van der Waals surface area (Å²) in [6.45, 7) is 5.65. The fourth-order valence-electron chi connectivity index (χ4n) is 3.29. The number of benzene rings is 1. The summed E-state index contributed by atoms with van der Waals surface area (Å²) >= 11 is 6.03. The summed E-state index contributed by atoms with van der Waals surface area (Å²) < 4.78 is 0. The van der Waals surface area contributed by atoms with Crippen LogP contribution >= 0.6 is 11.6 Å². The van der Waals surface area contributed by atoms with Crippen LogP contribution < -0.4 is 5.32 Å². The van der Waals surface area contributed by atoms with E-state index in [0.29, 0.717) is 12.0 Å². The normalized spacial score (nSPS) is 24.6. The van der Waals surface area contributed by atoms with Crippen LogP contribution in [-0.4, -0.2) is 31.6 Å². The summed E-state index contributed by atoms with van der Waals surface area (Å²) in [5.74, 6) is 0.690. The van der Waals surface area contributed by atoms with E-state index in [4.69, 9.17) is 11.6 Å². The molecule has 0 aromatic heterocycles. The van der Waals surface area contributed by atoms with Gasteiger partial charge < -0.3 is 5.32 Å². The van der Waals surface area contributed by atoms with Crippen molar-refractivity contribution in [1.29, 1.82) is 0 Å². The Morgan fingerprint density at radius 3 is 2.70 bits per heavy atom. The van der Waals surface area contributed by atoms with Gasteiger partial charge in [0.15, 0.2) is 0 Å². The van der Waals surface area contributed by atoms with E-state index in [0.717, 1.165) is 18.1 Å². The molecule has 2 rings (SSSR count). The highest BCUT2D eigenvalue weighted by molar-refractivity contribution is 6.30. The van der Waals surface area contributed by atoms with Crippen molar-refractivity contribution in [3.05, 3.63) is 34.9 Å². The molecule has 3 heteroatoms. The summed E-state index contributed by atoms with van der Waals surface area (Å²) in [6, 6.07) is 8.95. The third-order valence-electron chi connectivity index (χ3n) is 4.30. The zero-order chi connectivity index (χ0) is 14.4. The molecule has 2 unspecified atom stereocenters. The van der Waals surface area contributed by atoms with Crippen LogP contribution in [-0.2, 0) is 0 Å². The van der Waals surface area contributed by atoms with Crippen molar-refractivity contribution >= 4 is 11.6 Å². The second-order valence-corrected chi connectivity index (χ2v) is 6.37. The standard InChI is InChI=1S/C17H27ClN2/c1-3-11-19-13-15-6-4-5-12-20(2)17(15)14-7-9-16(18)10-8-14/h7-10,15,17,19H,3-6,11-13H2,1-2H3. The summed E-state index contributed by atoms with van der Waals surface area (Å²) in [6.07, 6.45) is 5.17. The number of likely N-dealkylation sites (tertiary alicyclic amines) is 1. The summed E-state index contributed by atoms with van der Waals surface area (Å²) in [5.41, 5.74) is 1.40. The third kappa shape index (κ3) is 4.21. The predicted molar refractivity (Wildman–Crippen MR) is 87.3 cm³/mol. The first-order valence-electron chi connectivity index (χ1n) is 7.88. The van der Waals surface area contributed by atoms with Gasteiger partial charge in [-0.15, -0.1) is 0 Å². The van der Waals surface area contributed by atoms with Gasteiger partial charge in [-0.25, -0.2) is 0 Å². The Bertz CT molecular complexity index is 390. The molecule has 1 heterocycles. The molecule has 1 saturated heterocycles. The average molecular weight is 295 g/mol. The van der Waals surface area contributed by atoms with Gasteiger partial charge in [0.2, 0.25) is 0 Å². The topological polar surface area (TPSA) is 15.3 Å². The van der Waals surface area contributed by atoms with E-state index in [2.05, 4.69) is 36.3 Å². The van der Waals surface area contributed by atoms with Crippen LogP contribution in [0, 0.1) is 5.92 Å². The van der Waals surface area contributed by atoms with Crippen LogP contribution in [0.1, 0.15) is 44.2 Å². The van der Waals surface area contributed by atoms with Gasteiger partial charge in [-0.05, 0) is 69.6 Å². The van der Waals surface area contributed by atoms with Crippen LogP contribution in [0.5, 0.6) is 0 Å². The van der Waals surface area contributed by atoms with Gasteiger partial charge in [-0.3, -0.25) is 4.90 Å². The molecule has 0 radical (unpaired) electrons. The van der Waals surface area contributed by atoms with E-state index < -0.39 is 0 Å². The maximum Gasteiger partial charge on any atom is 0.0406 e. The zero-order valence-corrected chi connectivity index (χ0v) is 13.5. The van der Waals surface area contributed by atoms with E-state index in [1.54, 1.807) is 0 Å². The smallest absolute Gasteiger partial charge is 0.0406 e. The monoisotopic (exact) mass is 294 g/mol. The van der Waals surface area contributed by atoms with Crippen molar-refractivity contribution in [3.8, 4) is 0 Å². The highest BCUT2D eigenvalue weighted by atomic mass is 35.5. The number of hydrogen-bond acceptors (Lipinski definition) is 2. The zero-order valence-electron chi connectivity index (χ0n) is 12.7. The Hall–Kier alpha value is -0.570.